The molecule has 2 aliphatic heterocycles. The van der Waals surface area contributed by atoms with E-state index in [0.717, 1.165) is 21.7 Å². The predicted octanol–water partition coefficient (Wildman–Crippen LogP) is 2.04. The fourth-order valence-corrected chi connectivity index (χ4v) is 3.65. The van der Waals surface area contributed by atoms with Gasteiger partial charge in [0.1, 0.15) is 0 Å². The summed E-state index contributed by atoms with van der Waals surface area (Å²) < 4.78 is 0. The summed E-state index contributed by atoms with van der Waals surface area (Å²) in [5.74, 6) is -1.04. The minimum atomic E-state index is -0.451. The van der Waals surface area contributed by atoms with Crippen LogP contribution in [0.15, 0.2) is 48.5 Å². The van der Waals surface area contributed by atoms with Crippen molar-refractivity contribution in [3.05, 3.63) is 59.7 Å². The topological polar surface area (TPSA) is 98.8 Å². The lowest BCUT2D eigenvalue weighted by Crippen LogP contribution is -2.30. The van der Waals surface area contributed by atoms with E-state index >= 15 is 0 Å². The number of carbonyl (C=O) groups excluding carboxylic acids is 4. The monoisotopic (exact) mass is 406 g/mol. The van der Waals surface area contributed by atoms with Crippen LogP contribution in [0.1, 0.15) is 17.5 Å². The highest BCUT2D eigenvalue weighted by Gasteiger charge is 2.35. The molecule has 154 valence electrons. The van der Waals surface area contributed by atoms with Crippen molar-refractivity contribution in [3.8, 4) is 0 Å². The number of anilines is 2. The first-order valence-electron chi connectivity index (χ1n) is 9.76. The molecule has 2 aromatic rings. The van der Waals surface area contributed by atoms with E-state index in [4.69, 9.17) is 0 Å². The Morgan fingerprint density at radius 1 is 1.10 bits per heavy atom. The molecule has 0 saturated carbocycles. The molecule has 0 bridgehead atoms. The number of benzene rings is 2. The summed E-state index contributed by atoms with van der Waals surface area (Å²) in [6.07, 6.45) is 0.155. The van der Waals surface area contributed by atoms with Gasteiger partial charge in [0, 0.05) is 24.3 Å². The third-order valence-corrected chi connectivity index (χ3v) is 5.31. The summed E-state index contributed by atoms with van der Waals surface area (Å²) in [5, 5.41) is 5.33. The van der Waals surface area contributed by atoms with Gasteiger partial charge in [-0.3, -0.25) is 19.3 Å². The first-order chi connectivity index (χ1) is 14.4. The van der Waals surface area contributed by atoms with Gasteiger partial charge in [-0.2, -0.15) is 0 Å². The quantitative estimate of drug-likeness (QED) is 0.743. The molecule has 2 fully saturated rings. The van der Waals surface area contributed by atoms with E-state index in [1.807, 2.05) is 31.2 Å². The minimum absolute atomic E-state index is 0.00243. The third kappa shape index (κ3) is 4.03. The molecule has 2 aromatic carbocycles. The van der Waals surface area contributed by atoms with Gasteiger partial charge in [-0.15, -0.1) is 0 Å². The highest BCUT2D eigenvalue weighted by molar-refractivity contribution is 6.04. The summed E-state index contributed by atoms with van der Waals surface area (Å²) in [4.78, 5) is 51.4. The molecule has 0 aromatic heterocycles. The minimum Gasteiger partial charge on any atom is -0.329 e. The van der Waals surface area contributed by atoms with Gasteiger partial charge in [0.15, 0.2) is 0 Å². The first-order valence-corrected chi connectivity index (χ1v) is 9.76. The van der Waals surface area contributed by atoms with Crippen LogP contribution in [-0.4, -0.2) is 41.7 Å². The lowest BCUT2D eigenvalue weighted by molar-refractivity contribution is -0.125. The zero-order valence-electron chi connectivity index (χ0n) is 16.6. The smallest absolute Gasteiger partial charge is 0.324 e. The first kappa shape index (κ1) is 19.6. The lowest BCUT2D eigenvalue weighted by Gasteiger charge is -2.17. The number of rotatable bonds is 5. The molecule has 2 heterocycles. The fraction of sp³-hybridized carbons (Fsp3) is 0.273. The summed E-state index contributed by atoms with van der Waals surface area (Å²) in [6.45, 7) is 2.45. The van der Waals surface area contributed by atoms with E-state index in [0.29, 0.717) is 12.2 Å². The number of nitrogens with zero attached hydrogens (tertiary/aromatic N) is 2. The number of aryl methyl sites for hydroxylation is 1. The SMILES string of the molecule is Cc1ccc(N2CC(C(=O)Nc3cccc(CN4C(=O)CNC4=O)c3)CC2=O)cc1. The Kier molecular flexibility index (Phi) is 5.22. The maximum atomic E-state index is 12.7. The van der Waals surface area contributed by atoms with E-state index in [9.17, 15) is 19.2 Å². The Morgan fingerprint density at radius 3 is 2.57 bits per heavy atom. The van der Waals surface area contributed by atoms with Crippen LogP contribution in [-0.2, 0) is 20.9 Å². The molecule has 1 atom stereocenters. The van der Waals surface area contributed by atoms with Gasteiger partial charge in [-0.25, -0.2) is 4.79 Å². The van der Waals surface area contributed by atoms with Crippen molar-refractivity contribution in [1.82, 2.24) is 10.2 Å². The van der Waals surface area contributed by atoms with Crippen LogP contribution in [0.3, 0.4) is 0 Å². The summed E-state index contributed by atoms with van der Waals surface area (Å²) >= 11 is 0. The van der Waals surface area contributed by atoms with Gasteiger partial charge in [0.2, 0.25) is 17.7 Å². The van der Waals surface area contributed by atoms with Gasteiger partial charge in [-0.05, 0) is 36.8 Å². The molecular weight excluding hydrogens is 384 g/mol. The Morgan fingerprint density at radius 2 is 1.87 bits per heavy atom. The van der Waals surface area contributed by atoms with Crippen molar-refractivity contribution in [2.75, 3.05) is 23.3 Å². The van der Waals surface area contributed by atoms with Crippen LogP contribution < -0.4 is 15.5 Å². The molecule has 1 unspecified atom stereocenters. The van der Waals surface area contributed by atoms with Gasteiger partial charge < -0.3 is 15.5 Å². The number of hydrogen-bond acceptors (Lipinski definition) is 4. The summed E-state index contributed by atoms with van der Waals surface area (Å²) in [6, 6.07) is 14.2. The molecule has 4 rings (SSSR count). The Hall–Kier alpha value is -3.68. The second kappa shape index (κ2) is 7.98. The molecule has 0 aliphatic carbocycles. The molecular formula is C22H22N4O4. The maximum absolute atomic E-state index is 12.7. The van der Waals surface area contributed by atoms with Crippen molar-refractivity contribution in [2.45, 2.75) is 19.9 Å². The number of amides is 5. The van der Waals surface area contributed by atoms with Crippen molar-refractivity contribution in [1.29, 1.82) is 0 Å². The highest BCUT2D eigenvalue weighted by atomic mass is 16.2. The molecule has 8 nitrogen and oxygen atoms in total. The van der Waals surface area contributed by atoms with Crippen molar-refractivity contribution in [3.63, 3.8) is 0 Å². The zero-order chi connectivity index (χ0) is 21.3. The van der Waals surface area contributed by atoms with E-state index in [-0.39, 0.29) is 37.2 Å². The van der Waals surface area contributed by atoms with Crippen LogP contribution in [0.2, 0.25) is 0 Å². The molecule has 0 radical (unpaired) electrons. The zero-order valence-corrected chi connectivity index (χ0v) is 16.6. The third-order valence-electron chi connectivity index (χ3n) is 5.31. The van der Waals surface area contributed by atoms with E-state index in [1.54, 1.807) is 29.2 Å². The molecule has 5 amide bonds. The Bertz CT molecular complexity index is 1000. The van der Waals surface area contributed by atoms with Gasteiger partial charge in [0.05, 0.1) is 19.0 Å². The Labute approximate surface area is 173 Å². The van der Waals surface area contributed by atoms with Gasteiger partial charge >= 0.3 is 6.03 Å². The lowest BCUT2D eigenvalue weighted by atomic mass is 10.1. The second-order valence-electron chi connectivity index (χ2n) is 7.57. The van der Waals surface area contributed by atoms with Crippen LogP contribution in [0, 0.1) is 12.8 Å². The van der Waals surface area contributed by atoms with E-state index in [1.165, 1.54) is 0 Å². The number of urea groups is 1. The number of hydrogen-bond donors (Lipinski definition) is 2. The maximum Gasteiger partial charge on any atom is 0.324 e. The van der Waals surface area contributed by atoms with Crippen LogP contribution in [0.25, 0.3) is 0 Å². The molecule has 2 N–H and O–H groups in total. The van der Waals surface area contributed by atoms with E-state index < -0.39 is 11.9 Å². The molecule has 8 heteroatoms. The Balaban J connectivity index is 1.40. The normalized spacial score (nSPS) is 18.7. The number of carbonyl (C=O) groups is 4. The second-order valence-corrected chi connectivity index (χ2v) is 7.57. The molecule has 2 saturated heterocycles. The van der Waals surface area contributed by atoms with Crippen molar-refractivity contribution >= 4 is 35.1 Å². The highest BCUT2D eigenvalue weighted by Crippen LogP contribution is 2.26. The van der Waals surface area contributed by atoms with Crippen molar-refractivity contribution in [2.24, 2.45) is 5.92 Å². The summed E-state index contributed by atoms with van der Waals surface area (Å²) in [5.41, 5.74) is 3.18. The molecule has 30 heavy (non-hydrogen) atoms. The van der Waals surface area contributed by atoms with Gasteiger partial charge in [-0.1, -0.05) is 29.8 Å². The largest absolute Gasteiger partial charge is 0.329 e. The van der Waals surface area contributed by atoms with E-state index in [2.05, 4.69) is 10.6 Å². The average molecular weight is 406 g/mol. The summed E-state index contributed by atoms with van der Waals surface area (Å²) in [7, 11) is 0. The van der Waals surface area contributed by atoms with Crippen molar-refractivity contribution < 1.29 is 19.2 Å². The fourth-order valence-electron chi connectivity index (χ4n) is 3.65. The van der Waals surface area contributed by atoms with Gasteiger partial charge in [0.25, 0.3) is 0 Å². The number of nitrogens with one attached hydrogen (secondary N) is 2. The molecule has 2 aliphatic rings. The number of imide groups is 1. The standard InChI is InChI=1S/C22H22N4O4/c1-14-5-7-18(8-6-14)25-13-16(10-19(25)27)21(29)24-17-4-2-3-15(9-17)12-26-20(28)11-23-22(26)30/h2-9,16H,10-13H2,1H3,(H,23,30)(H,24,29). The molecule has 0 spiro atoms. The van der Waals surface area contributed by atoms with Crippen LogP contribution in [0.5, 0.6) is 0 Å². The van der Waals surface area contributed by atoms with Crippen LogP contribution >= 0.6 is 0 Å². The predicted molar refractivity (Wildman–Crippen MR) is 111 cm³/mol. The average Bonchev–Trinajstić information content (AvgIpc) is 3.26. The van der Waals surface area contributed by atoms with Crippen LogP contribution in [0.4, 0.5) is 16.2 Å².